The molecule has 2 heterocycles. The number of piperazine rings is 1. The first-order valence-corrected chi connectivity index (χ1v) is 7.17. The standard InChI is InChI=1S/C15H23N3/c1-3-13(15-12-17-11-14(15)4-1)5-2-8-18-9-6-16-7-10-18/h1,3-4,16-17H,2,5-12H2. The lowest BCUT2D eigenvalue weighted by Crippen LogP contribution is -2.43. The van der Waals surface area contributed by atoms with Gasteiger partial charge < -0.3 is 15.5 Å². The summed E-state index contributed by atoms with van der Waals surface area (Å²) in [4.78, 5) is 2.58. The van der Waals surface area contributed by atoms with E-state index in [0.29, 0.717) is 0 Å². The van der Waals surface area contributed by atoms with Crippen LogP contribution in [0.3, 0.4) is 0 Å². The summed E-state index contributed by atoms with van der Waals surface area (Å²) in [6, 6.07) is 6.78. The van der Waals surface area contributed by atoms with Crippen molar-refractivity contribution in [2.45, 2.75) is 25.9 Å². The number of nitrogens with zero attached hydrogens (tertiary/aromatic N) is 1. The molecule has 0 aromatic heterocycles. The predicted octanol–water partition coefficient (Wildman–Crippen LogP) is 1.13. The Labute approximate surface area is 110 Å². The van der Waals surface area contributed by atoms with E-state index in [1.54, 1.807) is 11.1 Å². The van der Waals surface area contributed by atoms with Gasteiger partial charge in [-0.1, -0.05) is 18.2 Å². The van der Waals surface area contributed by atoms with Gasteiger partial charge in [0.25, 0.3) is 0 Å². The first-order chi connectivity index (χ1) is 8.93. The van der Waals surface area contributed by atoms with Crippen LogP contribution in [0, 0.1) is 0 Å². The summed E-state index contributed by atoms with van der Waals surface area (Å²) in [5, 5.41) is 6.86. The fourth-order valence-electron chi connectivity index (χ4n) is 3.06. The van der Waals surface area contributed by atoms with Crippen molar-refractivity contribution in [2.24, 2.45) is 0 Å². The van der Waals surface area contributed by atoms with Gasteiger partial charge in [0.15, 0.2) is 0 Å². The van der Waals surface area contributed by atoms with Gasteiger partial charge in [0.05, 0.1) is 0 Å². The van der Waals surface area contributed by atoms with Crippen molar-refractivity contribution < 1.29 is 0 Å². The summed E-state index contributed by atoms with van der Waals surface area (Å²) in [5.41, 5.74) is 4.64. The van der Waals surface area contributed by atoms with E-state index in [0.717, 1.165) is 26.2 Å². The Kier molecular flexibility index (Phi) is 3.93. The van der Waals surface area contributed by atoms with Gasteiger partial charge in [-0.15, -0.1) is 0 Å². The van der Waals surface area contributed by atoms with E-state index in [9.17, 15) is 0 Å². The first kappa shape index (κ1) is 12.2. The number of rotatable bonds is 4. The Morgan fingerprint density at radius 2 is 1.94 bits per heavy atom. The number of hydrogen-bond donors (Lipinski definition) is 2. The van der Waals surface area contributed by atoms with Gasteiger partial charge >= 0.3 is 0 Å². The van der Waals surface area contributed by atoms with Crippen LogP contribution in [0.15, 0.2) is 18.2 Å². The van der Waals surface area contributed by atoms with Crippen molar-refractivity contribution >= 4 is 0 Å². The summed E-state index contributed by atoms with van der Waals surface area (Å²) in [6.07, 6.45) is 2.52. The molecule has 1 aromatic rings. The topological polar surface area (TPSA) is 27.3 Å². The molecule has 2 aliphatic heterocycles. The Balaban J connectivity index is 1.52. The van der Waals surface area contributed by atoms with Gasteiger partial charge in [0, 0.05) is 39.3 Å². The van der Waals surface area contributed by atoms with Crippen LogP contribution < -0.4 is 10.6 Å². The van der Waals surface area contributed by atoms with E-state index in [1.165, 1.54) is 38.0 Å². The van der Waals surface area contributed by atoms with Crippen molar-refractivity contribution in [1.82, 2.24) is 15.5 Å². The maximum atomic E-state index is 3.45. The lowest BCUT2D eigenvalue weighted by molar-refractivity contribution is 0.238. The second kappa shape index (κ2) is 5.83. The fourth-order valence-corrected chi connectivity index (χ4v) is 3.06. The van der Waals surface area contributed by atoms with Crippen molar-refractivity contribution in [2.75, 3.05) is 32.7 Å². The van der Waals surface area contributed by atoms with Crippen molar-refractivity contribution in [3.8, 4) is 0 Å². The van der Waals surface area contributed by atoms with E-state index in [-0.39, 0.29) is 0 Å². The summed E-state index contributed by atoms with van der Waals surface area (Å²) >= 11 is 0. The molecule has 2 aliphatic rings. The summed E-state index contributed by atoms with van der Waals surface area (Å²) < 4.78 is 0. The summed E-state index contributed by atoms with van der Waals surface area (Å²) in [7, 11) is 0. The van der Waals surface area contributed by atoms with Crippen LogP contribution in [0.2, 0.25) is 0 Å². The zero-order chi connectivity index (χ0) is 12.2. The molecule has 18 heavy (non-hydrogen) atoms. The van der Waals surface area contributed by atoms with Gasteiger partial charge in [-0.25, -0.2) is 0 Å². The van der Waals surface area contributed by atoms with Crippen molar-refractivity contribution in [1.29, 1.82) is 0 Å². The number of fused-ring (bicyclic) bond motifs is 1. The number of nitrogens with one attached hydrogen (secondary N) is 2. The van der Waals surface area contributed by atoms with Gasteiger partial charge in [-0.3, -0.25) is 0 Å². The van der Waals surface area contributed by atoms with Crippen LogP contribution in [0.25, 0.3) is 0 Å². The third-order valence-corrected chi connectivity index (χ3v) is 4.12. The smallest absolute Gasteiger partial charge is 0.0214 e. The zero-order valence-corrected chi connectivity index (χ0v) is 11.0. The maximum absolute atomic E-state index is 3.45. The van der Waals surface area contributed by atoms with Gasteiger partial charge in [0.2, 0.25) is 0 Å². The predicted molar refractivity (Wildman–Crippen MR) is 74.6 cm³/mol. The Bertz CT molecular complexity index is 397. The molecular weight excluding hydrogens is 222 g/mol. The molecule has 1 fully saturated rings. The SMILES string of the molecule is c1cc(CCCN2CCNCC2)c2c(c1)CNC2. The average Bonchev–Trinajstić information content (AvgIpc) is 2.89. The molecule has 3 nitrogen and oxygen atoms in total. The van der Waals surface area contributed by atoms with Gasteiger partial charge in [-0.05, 0) is 36.1 Å². The molecule has 1 aromatic carbocycles. The third kappa shape index (κ3) is 2.74. The molecule has 2 N–H and O–H groups in total. The normalized spacial score (nSPS) is 20.0. The van der Waals surface area contributed by atoms with E-state index < -0.39 is 0 Å². The van der Waals surface area contributed by atoms with Crippen LogP contribution in [0.5, 0.6) is 0 Å². The van der Waals surface area contributed by atoms with Crippen LogP contribution >= 0.6 is 0 Å². The monoisotopic (exact) mass is 245 g/mol. The van der Waals surface area contributed by atoms with Crippen molar-refractivity contribution in [3.63, 3.8) is 0 Å². The molecule has 98 valence electrons. The molecule has 0 unspecified atom stereocenters. The van der Waals surface area contributed by atoms with E-state index in [1.807, 2.05) is 0 Å². The highest BCUT2D eigenvalue weighted by molar-refractivity contribution is 5.37. The minimum absolute atomic E-state index is 1.06. The van der Waals surface area contributed by atoms with Gasteiger partial charge in [0.1, 0.15) is 0 Å². The Morgan fingerprint density at radius 1 is 1.06 bits per heavy atom. The number of aryl methyl sites for hydroxylation is 1. The van der Waals surface area contributed by atoms with E-state index in [4.69, 9.17) is 0 Å². The van der Waals surface area contributed by atoms with E-state index >= 15 is 0 Å². The zero-order valence-electron chi connectivity index (χ0n) is 11.0. The number of hydrogen-bond acceptors (Lipinski definition) is 3. The van der Waals surface area contributed by atoms with E-state index in [2.05, 4.69) is 33.7 Å². The summed E-state index contributed by atoms with van der Waals surface area (Å²) in [6.45, 7) is 8.12. The molecule has 0 saturated carbocycles. The lowest BCUT2D eigenvalue weighted by Gasteiger charge is -2.27. The molecule has 0 amide bonds. The second-order valence-corrected chi connectivity index (χ2v) is 5.35. The molecule has 0 aliphatic carbocycles. The quantitative estimate of drug-likeness (QED) is 0.832. The molecule has 0 atom stereocenters. The molecule has 1 saturated heterocycles. The molecule has 0 bridgehead atoms. The largest absolute Gasteiger partial charge is 0.314 e. The van der Waals surface area contributed by atoms with Crippen LogP contribution in [-0.2, 0) is 19.5 Å². The first-order valence-electron chi connectivity index (χ1n) is 7.17. The molecule has 3 rings (SSSR count). The summed E-state index contributed by atoms with van der Waals surface area (Å²) in [5.74, 6) is 0. The highest BCUT2D eigenvalue weighted by atomic mass is 15.2. The minimum Gasteiger partial charge on any atom is -0.314 e. The molecular formula is C15H23N3. The highest BCUT2D eigenvalue weighted by Crippen LogP contribution is 2.21. The highest BCUT2D eigenvalue weighted by Gasteiger charge is 2.14. The molecule has 0 radical (unpaired) electrons. The van der Waals surface area contributed by atoms with Crippen molar-refractivity contribution in [3.05, 3.63) is 34.9 Å². The van der Waals surface area contributed by atoms with Gasteiger partial charge in [-0.2, -0.15) is 0 Å². The van der Waals surface area contributed by atoms with Crippen LogP contribution in [-0.4, -0.2) is 37.6 Å². The van der Waals surface area contributed by atoms with Crippen LogP contribution in [0.4, 0.5) is 0 Å². The maximum Gasteiger partial charge on any atom is 0.0214 e. The Morgan fingerprint density at radius 3 is 2.83 bits per heavy atom. The third-order valence-electron chi connectivity index (χ3n) is 4.12. The fraction of sp³-hybridized carbons (Fsp3) is 0.600. The Hall–Kier alpha value is -0.900. The lowest BCUT2D eigenvalue weighted by atomic mass is 9.99. The molecule has 3 heteroatoms. The average molecular weight is 245 g/mol. The minimum atomic E-state index is 1.06. The number of benzene rings is 1. The van der Waals surface area contributed by atoms with Crippen LogP contribution in [0.1, 0.15) is 23.1 Å². The molecule has 0 spiro atoms. The second-order valence-electron chi connectivity index (χ2n) is 5.35.